The molecule has 11 heavy (non-hydrogen) atoms. The molecule has 0 heterocycles. The first kappa shape index (κ1) is 7.60. The van der Waals surface area contributed by atoms with Crippen LogP contribution < -0.4 is 5.73 Å². The standard InChI is InChI=1S/C10H19N/c1-6-7-4-8(6)9(5-7)10(2,3)11/h6-9H,4-5,11H2,1-3H3/t6-,7?,8-,9?/m0/s1. The fourth-order valence-electron chi connectivity index (χ4n) is 3.13. The first-order valence-corrected chi connectivity index (χ1v) is 4.79. The molecule has 3 aliphatic rings. The Hall–Kier alpha value is -0.0400. The Kier molecular flexibility index (Phi) is 1.39. The fraction of sp³-hybridized carbons (Fsp3) is 1.00. The van der Waals surface area contributed by atoms with Gasteiger partial charge >= 0.3 is 0 Å². The molecule has 3 saturated carbocycles. The van der Waals surface area contributed by atoms with Crippen LogP contribution in [0, 0.1) is 23.7 Å². The Morgan fingerprint density at radius 3 is 2.09 bits per heavy atom. The number of fused-ring (bicyclic) bond motifs is 1. The third-order valence-electron chi connectivity index (χ3n) is 4.02. The average molecular weight is 153 g/mol. The molecule has 0 aromatic carbocycles. The Morgan fingerprint density at radius 1 is 1.27 bits per heavy atom. The summed E-state index contributed by atoms with van der Waals surface area (Å²) in [5.41, 5.74) is 6.19. The van der Waals surface area contributed by atoms with Crippen molar-refractivity contribution < 1.29 is 0 Å². The molecule has 0 radical (unpaired) electrons. The highest BCUT2D eigenvalue weighted by Gasteiger charge is 2.53. The Morgan fingerprint density at radius 2 is 1.91 bits per heavy atom. The highest BCUT2D eigenvalue weighted by Crippen LogP contribution is 2.59. The topological polar surface area (TPSA) is 26.0 Å². The van der Waals surface area contributed by atoms with E-state index in [2.05, 4.69) is 20.8 Å². The molecular formula is C10H19N. The summed E-state index contributed by atoms with van der Waals surface area (Å²) in [6, 6.07) is 0. The number of nitrogens with two attached hydrogens (primary N) is 1. The predicted octanol–water partition coefficient (Wildman–Crippen LogP) is 2.02. The lowest BCUT2D eigenvalue weighted by molar-refractivity contribution is 0.137. The molecule has 4 atom stereocenters. The van der Waals surface area contributed by atoms with Gasteiger partial charge in [0, 0.05) is 5.54 Å². The molecule has 0 aromatic rings. The van der Waals surface area contributed by atoms with E-state index < -0.39 is 0 Å². The zero-order valence-corrected chi connectivity index (χ0v) is 7.80. The third kappa shape index (κ3) is 0.936. The van der Waals surface area contributed by atoms with Crippen molar-refractivity contribution in [1.29, 1.82) is 0 Å². The van der Waals surface area contributed by atoms with Crippen LogP contribution in [0.4, 0.5) is 0 Å². The molecule has 2 N–H and O–H groups in total. The van der Waals surface area contributed by atoms with Crippen LogP contribution in [0.5, 0.6) is 0 Å². The quantitative estimate of drug-likeness (QED) is 0.612. The van der Waals surface area contributed by atoms with E-state index in [1.165, 1.54) is 12.8 Å². The highest BCUT2D eigenvalue weighted by atomic mass is 14.8. The summed E-state index contributed by atoms with van der Waals surface area (Å²) in [6.07, 6.45) is 2.86. The van der Waals surface area contributed by atoms with Crippen LogP contribution in [0.1, 0.15) is 33.6 Å². The van der Waals surface area contributed by atoms with E-state index in [4.69, 9.17) is 5.73 Å². The van der Waals surface area contributed by atoms with E-state index in [1.807, 2.05) is 0 Å². The maximum atomic E-state index is 6.12. The van der Waals surface area contributed by atoms with Gasteiger partial charge in [-0.2, -0.15) is 0 Å². The van der Waals surface area contributed by atoms with E-state index in [-0.39, 0.29) is 5.54 Å². The summed E-state index contributed by atoms with van der Waals surface area (Å²) in [7, 11) is 0. The van der Waals surface area contributed by atoms with Crippen LogP contribution in [-0.2, 0) is 0 Å². The molecule has 0 amide bonds. The van der Waals surface area contributed by atoms with E-state index in [0.29, 0.717) is 0 Å². The van der Waals surface area contributed by atoms with E-state index in [0.717, 1.165) is 23.7 Å². The fourth-order valence-corrected chi connectivity index (χ4v) is 3.13. The second-order valence-corrected chi connectivity index (χ2v) is 5.18. The van der Waals surface area contributed by atoms with Gasteiger partial charge < -0.3 is 5.73 Å². The van der Waals surface area contributed by atoms with Crippen molar-refractivity contribution in [2.45, 2.75) is 39.2 Å². The maximum Gasteiger partial charge on any atom is 0.0128 e. The molecule has 3 aliphatic carbocycles. The molecule has 1 heteroatoms. The molecule has 0 aromatic heterocycles. The van der Waals surface area contributed by atoms with Gasteiger partial charge in [-0.1, -0.05) is 6.92 Å². The normalized spacial score (nSPS) is 49.1. The monoisotopic (exact) mass is 153 g/mol. The molecule has 64 valence electrons. The number of rotatable bonds is 1. The Balaban J connectivity index is 2.10. The van der Waals surface area contributed by atoms with Crippen LogP contribution in [0.15, 0.2) is 0 Å². The van der Waals surface area contributed by atoms with Gasteiger partial charge in [0.25, 0.3) is 0 Å². The SMILES string of the molecule is C[C@H]1C2CC(C(C)(C)N)[C@H]1C2. The van der Waals surface area contributed by atoms with Gasteiger partial charge in [-0.15, -0.1) is 0 Å². The van der Waals surface area contributed by atoms with Gasteiger partial charge in [0.1, 0.15) is 0 Å². The summed E-state index contributed by atoms with van der Waals surface area (Å²) in [4.78, 5) is 0. The first-order valence-electron chi connectivity index (χ1n) is 4.79. The smallest absolute Gasteiger partial charge is 0.0128 e. The van der Waals surface area contributed by atoms with Crippen molar-refractivity contribution in [2.24, 2.45) is 29.4 Å². The van der Waals surface area contributed by atoms with Crippen LogP contribution >= 0.6 is 0 Å². The lowest BCUT2D eigenvalue weighted by Gasteiger charge is -2.37. The molecule has 2 bridgehead atoms. The van der Waals surface area contributed by atoms with Gasteiger partial charge in [-0.05, 0) is 50.4 Å². The highest BCUT2D eigenvalue weighted by molar-refractivity contribution is 5.05. The summed E-state index contributed by atoms with van der Waals surface area (Å²) in [6.45, 7) is 6.76. The van der Waals surface area contributed by atoms with E-state index in [1.54, 1.807) is 0 Å². The number of hydrogen-bond acceptors (Lipinski definition) is 1. The van der Waals surface area contributed by atoms with Gasteiger partial charge in [0.15, 0.2) is 0 Å². The van der Waals surface area contributed by atoms with Gasteiger partial charge in [0.05, 0.1) is 0 Å². The minimum absolute atomic E-state index is 0.0736. The van der Waals surface area contributed by atoms with Crippen molar-refractivity contribution >= 4 is 0 Å². The number of hydrogen-bond donors (Lipinski definition) is 1. The predicted molar refractivity (Wildman–Crippen MR) is 47.1 cm³/mol. The largest absolute Gasteiger partial charge is 0.325 e. The molecular weight excluding hydrogens is 134 g/mol. The van der Waals surface area contributed by atoms with Crippen LogP contribution in [0.3, 0.4) is 0 Å². The molecule has 1 nitrogen and oxygen atoms in total. The third-order valence-corrected chi connectivity index (χ3v) is 4.02. The summed E-state index contributed by atoms with van der Waals surface area (Å²) >= 11 is 0. The molecule has 2 unspecified atom stereocenters. The molecule has 0 saturated heterocycles. The zero-order valence-electron chi connectivity index (χ0n) is 7.80. The van der Waals surface area contributed by atoms with Crippen LogP contribution in [0.2, 0.25) is 0 Å². The van der Waals surface area contributed by atoms with Gasteiger partial charge in [0.2, 0.25) is 0 Å². The first-order chi connectivity index (χ1) is 5.00. The summed E-state index contributed by atoms with van der Waals surface area (Å²) in [5.74, 6) is 3.76. The van der Waals surface area contributed by atoms with Crippen LogP contribution in [-0.4, -0.2) is 5.54 Å². The summed E-state index contributed by atoms with van der Waals surface area (Å²) < 4.78 is 0. The summed E-state index contributed by atoms with van der Waals surface area (Å²) in [5, 5.41) is 0. The molecule has 0 spiro atoms. The van der Waals surface area contributed by atoms with Gasteiger partial charge in [-0.25, -0.2) is 0 Å². The van der Waals surface area contributed by atoms with Crippen molar-refractivity contribution in [2.75, 3.05) is 0 Å². The van der Waals surface area contributed by atoms with Crippen LogP contribution in [0.25, 0.3) is 0 Å². The molecule has 3 fully saturated rings. The van der Waals surface area contributed by atoms with E-state index >= 15 is 0 Å². The Labute approximate surface area is 69.4 Å². The van der Waals surface area contributed by atoms with Gasteiger partial charge in [-0.3, -0.25) is 0 Å². The minimum atomic E-state index is 0.0736. The molecule has 3 rings (SSSR count). The lowest BCUT2D eigenvalue weighted by Crippen LogP contribution is -2.43. The zero-order chi connectivity index (χ0) is 8.22. The van der Waals surface area contributed by atoms with Crippen molar-refractivity contribution in [3.63, 3.8) is 0 Å². The maximum absolute atomic E-state index is 6.12. The molecule has 0 aliphatic heterocycles. The Bertz CT molecular complexity index is 168. The van der Waals surface area contributed by atoms with Crippen molar-refractivity contribution in [3.05, 3.63) is 0 Å². The second kappa shape index (κ2) is 2.01. The van der Waals surface area contributed by atoms with E-state index in [9.17, 15) is 0 Å². The average Bonchev–Trinajstić information content (AvgIpc) is 2.38. The van der Waals surface area contributed by atoms with Crippen molar-refractivity contribution in [1.82, 2.24) is 0 Å². The lowest BCUT2D eigenvalue weighted by atomic mass is 9.70. The minimum Gasteiger partial charge on any atom is -0.325 e. The van der Waals surface area contributed by atoms with Crippen molar-refractivity contribution in [3.8, 4) is 0 Å². The second-order valence-electron chi connectivity index (χ2n) is 5.18.